The minimum atomic E-state index is -0.451. The van der Waals surface area contributed by atoms with Crippen LogP contribution < -0.4 is 14.9 Å². The number of esters is 1. The summed E-state index contributed by atoms with van der Waals surface area (Å²) >= 11 is 0. The summed E-state index contributed by atoms with van der Waals surface area (Å²) in [7, 11) is 0. The number of nitrogens with zero attached hydrogens (tertiary/aromatic N) is 1. The molecule has 6 nitrogen and oxygen atoms in total. The van der Waals surface area contributed by atoms with E-state index in [4.69, 9.17) is 9.47 Å². The Hall–Kier alpha value is -3.15. The molecule has 29 heavy (non-hydrogen) atoms. The van der Waals surface area contributed by atoms with Crippen molar-refractivity contribution in [2.24, 2.45) is 11.0 Å². The Morgan fingerprint density at radius 2 is 1.83 bits per heavy atom. The number of carbonyl (C=O) groups excluding carboxylic acids is 2. The summed E-state index contributed by atoms with van der Waals surface area (Å²) in [6, 6.07) is 13.9. The zero-order valence-electron chi connectivity index (χ0n) is 16.6. The molecule has 6 heteroatoms. The van der Waals surface area contributed by atoms with Crippen molar-refractivity contribution >= 4 is 18.1 Å². The summed E-state index contributed by atoms with van der Waals surface area (Å²) in [4.78, 5) is 24.5. The maximum Gasteiger partial charge on any atom is 0.343 e. The van der Waals surface area contributed by atoms with Crippen molar-refractivity contribution in [3.8, 4) is 11.5 Å². The predicted octanol–water partition coefficient (Wildman–Crippen LogP) is 4.33. The van der Waals surface area contributed by atoms with E-state index in [2.05, 4.69) is 10.5 Å². The molecule has 1 saturated carbocycles. The second kappa shape index (κ2) is 10.4. The second-order valence-electron chi connectivity index (χ2n) is 6.96. The van der Waals surface area contributed by atoms with Gasteiger partial charge in [0.15, 0.2) is 11.5 Å². The van der Waals surface area contributed by atoms with Crippen molar-refractivity contribution in [2.75, 3.05) is 6.61 Å². The molecule has 0 aliphatic heterocycles. The summed E-state index contributed by atoms with van der Waals surface area (Å²) in [5.74, 6) is 0.357. The summed E-state index contributed by atoms with van der Waals surface area (Å²) in [5, 5.41) is 4.07. The number of hydrazone groups is 1. The number of amides is 1. The van der Waals surface area contributed by atoms with Crippen LogP contribution in [0.3, 0.4) is 0 Å². The maximum atomic E-state index is 12.3. The molecule has 0 bridgehead atoms. The van der Waals surface area contributed by atoms with Crippen LogP contribution in [0.25, 0.3) is 0 Å². The molecular formula is C23H26N2O4. The van der Waals surface area contributed by atoms with Gasteiger partial charge in [0.1, 0.15) is 0 Å². The van der Waals surface area contributed by atoms with E-state index in [-0.39, 0.29) is 11.8 Å². The lowest BCUT2D eigenvalue weighted by molar-refractivity contribution is -0.125. The SMILES string of the molecule is CCOc1cc(/C=N\NC(=O)C2CCCCC2)ccc1OC(=O)c1ccccc1. The van der Waals surface area contributed by atoms with Crippen LogP contribution >= 0.6 is 0 Å². The van der Waals surface area contributed by atoms with E-state index in [1.165, 1.54) is 6.42 Å². The standard InChI is InChI=1S/C23H26N2O4/c1-2-28-21-15-17(16-24-25-22(26)18-9-5-3-6-10-18)13-14-20(21)29-23(27)19-11-7-4-8-12-19/h4,7-8,11-16,18H,2-3,5-6,9-10H2,1H3,(H,25,26)/b24-16-. The monoisotopic (exact) mass is 394 g/mol. The maximum absolute atomic E-state index is 12.3. The Morgan fingerprint density at radius 3 is 2.55 bits per heavy atom. The molecule has 1 N–H and O–H groups in total. The van der Waals surface area contributed by atoms with Crippen molar-refractivity contribution in [1.82, 2.24) is 5.43 Å². The number of hydrogen-bond donors (Lipinski definition) is 1. The van der Waals surface area contributed by atoms with Gasteiger partial charge in [-0.05, 0) is 55.7 Å². The van der Waals surface area contributed by atoms with Gasteiger partial charge in [0, 0.05) is 5.92 Å². The first-order valence-electron chi connectivity index (χ1n) is 10.0. The molecule has 2 aromatic rings. The summed E-state index contributed by atoms with van der Waals surface area (Å²) in [5.41, 5.74) is 3.82. The number of nitrogens with one attached hydrogen (secondary N) is 1. The molecule has 0 unspecified atom stereocenters. The number of ether oxygens (including phenoxy) is 2. The lowest BCUT2D eigenvalue weighted by atomic mass is 9.89. The molecule has 1 aliphatic rings. The van der Waals surface area contributed by atoms with Gasteiger partial charge in [-0.2, -0.15) is 5.10 Å². The molecule has 0 spiro atoms. The van der Waals surface area contributed by atoms with E-state index in [0.717, 1.165) is 31.2 Å². The number of hydrogen-bond acceptors (Lipinski definition) is 5. The fourth-order valence-electron chi connectivity index (χ4n) is 3.32. The quantitative estimate of drug-likeness (QED) is 0.328. The van der Waals surface area contributed by atoms with E-state index in [9.17, 15) is 9.59 Å². The average Bonchev–Trinajstić information content (AvgIpc) is 2.76. The molecule has 0 atom stereocenters. The van der Waals surface area contributed by atoms with Crippen molar-refractivity contribution in [1.29, 1.82) is 0 Å². The Bertz CT molecular complexity index is 858. The zero-order chi connectivity index (χ0) is 20.5. The first-order valence-corrected chi connectivity index (χ1v) is 10.0. The van der Waals surface area contributed by atoms with Gasteiger partial charge in [-0.15, -0.1) is 0 Å². The van der Waals surface area contributed by atoms with Gasteiger partial charge in [0.05, 0.1) is 18.4 Å². The van der Waals surface area contributed by atoms with Crippen molar-refractivity contribution in [2.45, 2.75) is 39.0 Å². The third-order valence-electron chi connectivity index (χ3n) is 4.84. The first-order chi connectivity index (χ1) is 14.2. The van der Waals surface area contributed by atoms with Crippen LogP contribution in [-0.2, 0) is 4.79 Å². The lowest BCUT2D eigenvalue weighted by Gasteiger charge is -2.19. The van der Waals surface area contributed by atoms with Gasteiger partial charge < -0.3 is 9.47 Å². The lowest BCUT2D eigenvalue weighted by Crippen LogP contribution is -2.28. The first kappa shape index (κ1) is 20.6. The molecule has 0 aromatic heterocycles. The number of carbonyl (C=O) groups is 2. The fraction of sp³-hybridized carbons (Fsp3) is 0.348. The smallest absolute Gasteiger partial charge is 0.343 e. The highest BCUT2D eigenvalue weighted by molar-refractivity contribution is 5.91. The topological polar surface area (TPSA) is 77.0 Å². The predicted molar refractivity (Wildman–Crippen MR) is 111 cm³/mol. The highest BCUT2D eigenvalue weighted by Gasteiger charge is 2.20. The molecule has 1 aliphatic carbocycles. The Kier molecular flexibility index (Phi) is 7.39. The van der Waals surface area contributed by atoms with E-state index in [1.807, 2.05) is 13.0 Å². The van der Waals surface area contributed by atoms with E-state index in [1.54, 1.807) is 48.7 Å². The molecular weight excluding hydrogens is 368 g/mol. The number of rotatable bonds is 7. The summed E-state index contributed by atoms with van der Waals surface area (Å²) in [6.07, 6.45) is 6.82. The zero-order valence-corrected chi connectivity index (χ0v) is 16.6. The molecule has 0 saturated heterocycles. The normalized spacial score (nSPS) is 14.5. The van der Waals surface area contributed by atoms with E-state index < -0.39 is 5.97 Å². The van der Waals surface area contributed by atoms with Gasteiger partial charge in [-0.1, -0.05) is 37.5 Å². The average molecular weight is 394 g/mol. The van der Waals surface area contributed by atoms with Crippen LogP contribution in [0.4, 0.5) is 0 Å². The summed E-state index contributed by atoms with van der Waals surface area (Å²) in [6.45, 7) is 2.28. The van der Waals surface area contributed by atoms with Crippen molar-refractivity contribution in [3.63, 3.8) is 0 Å². The molecule has 0 heterocycles. The molecule has 0 radical (unpaired) electrons. The molecule has 2 aromatic carbocycles. The van der Waals surface area contributed by atoms with Gasteiger partial charge in [-0.3, -0.25) is 4.79 Å². The van der Waals surface area contributed by atoms with Gasteiger partial charge in [0.25, 0.3) is 0 Å². The largest absolute Gasteiger partial charge is 0.490 e. The molecule has 1 amide bonds. The van der Waals surface area contributed by atoms with Crippen LogP contribution in [0, 0.1) is 5.92 Å². The highest BCUT2D eigenvalue weighted by Crippen LogP contribution is 2.29. The van der Waals surface area contributed by atoms with Gasteiger partial charge in [0.2, 0.25) is 5.91 Å². The fourth-order valence-corrected chi connectivity index (χ4v) is 3.32. The third-order valence-corrected chi connectivity index (χ3v) is 4.84. The van der Waals surface area contributed by atoms with Crippen LogP contribution in [0.2, 0.25) is 0 Å². The van der Waals surface area contributed by atoms with E-state index in [0.29, 0.717) is 23.7 Å². The van der Waals surface area contributed by atoms with Crippen molar-refractivity contribution < 1.29 is 19.1 Å². The third kappa shape index (κ3) is 5.91. The Balaban J connectivity index is 1.65. The van der Waals surface area contributed by atoms with Gasteiger partial charge >= 0.3 is 5.97 Å². The minimum absolute atomic E-state index is 0.0283. The molecule has 1 fully saturated rings. The van der Waals surface area contributed by atoms with E-state index >= 15 is 0 Å². The minimum Gasteiger partial charge on any atom is -0.490 e. The van der Waals surface area contributed by atoms with Crippen molar-refractivity contribution in [3.05, 3.63) is 59.7 Å². The summed E-state index contributed by atoms with van der Waals surface area (Å²) < 4.78 is 11.1. The molecule has 152 valence electrons. The Morgan fingerprint density at radius 1 is 1.07 bits per heavy atom. The van der Waals surface area contributed by atoms with Crippen LogP contribution in [0.1, 0.15) is 54.9 Å². The number of benzene rings is 2. The van der Waals surface area contributed by atoms with Crippen LogP contribution in [0.5, 0.6) is 11.5 Å². The van der Waals surface area contributed by atoms with Crippen LogP contribution in [-0.4, -0.2) is 24.7 Å². The van der Waals surface area contributed by atoms with Gasteiger partial charge in [-0.25, -0.2) is 10.2 Å². The second-order valence-corrected chi connectivity index (χ2v) is 6.96. The Labute approximate surface area is 170 Å². The van der Waals surface area contributed by atoms with Crippen LogP contribution in [0.15, 0.2) is 53.6 Å². The highest BCUT2D eigenvalue weighted by atomic mass is 16.6. The molecule has 3 rings (SSSR count).